The van der Waals surface area contributed by atoms with Gasteiger partial charge >= 0.3 is 0 Å². The third-order valence-electron chi connectivity index (χ3n) is 5.12. The van der Waals surface area contributed by atoms with E-state index in [4.69, 9.17) is 25.8 Å². The van der Waals surface area contributed by atoms with Crippen molar-refractivity contribution >= 4 is 23.2 Å². The summed E-state index contributed by atoms with van der Waals surface area (Å²) >= 11 is 6.05. The summed E-state index contributed by atoms with van der Waals surface area (Å²) in [6.07, 6.45) is 2.06. The van der Waals surface area contributed by atoms with Crippen LogP contribution in [-0.2, 0) is 4.79 Å². The molecule has 1 aliphatic rings. The number of carbonyl (C=O) groups is 1. The van der Waals surface area contributed by atoms with Crippen molar-refractivity contribution in [1.82, 2.24) is 0 Å². The molecule has 0 aromatic heterocycles. The number of amides is 1. The van der Waals surface area contributed by atoms with E-state index in [0.717, 1.165) is 36.4 Å². The zero-order valence-corrected chi connectivity index (χ0v) is 17.1. The Morgan fingerprint density at radius 1 is 1.11 bits per heavy atom. The number of methoxy groups -OCH3 is 3. The Labute approximate surface area is 170 Å². The largest absolute Gasteiger partial charge is 0.497 e. The van der Waals surface area contributed by atoms with Crippen LogP contribution in [0.25, 0.3) is 0 Å². The molecule has 1 aliphatic heterocycles. The summed E-state index contributed by atoms with van der Waals surface area (Å²) in [5, 5.41) is 3.47. The van der Waals surface area contributed by atoms with Crippen LogP contribution < -0.4 is 24.4 Å². The molecule has 1 saturated heterocycles. The summed E-state index contributed by atoms with van der Waals surface area (Å²) in [5.41, 5.74) is 1.68. The van der Waals surface area contributed by atoms with E-state index in [1.807, 2.05) is 18.2 Å². The molecule has 2 N–H and O–H groups in total. The fraction of sp³-hybridized carbons (Fsp3) is 0.381. The molecule has 1 unspecified atom stereocenters. The number of ether oxygens (including phenoxy) is 3. The highest BCUT2D eigenvalue weighted by Gasteiger charge is 2.33. The standard InChI is InChI=1S/C21H25ClN2O4/c1-26-15-7-8-16(20(12-15)28-3)18-5-4-10-24(18)13-21(25)23-17-11-14(22)6-9-19(17)27-2/h6-9,11-12,18H,4-5,10,13H2,1-3H3,(H,23,25)/p+1/t18-/m1/s1. The van der Waals surface area contributed by atoms with E-state index in [1.165, 1.54) is 4.90 Å². The van der Waals surface area contributed by atoms with Crippen LogP contribution in [0.3, 0.4) is 0 Å². The molecule has 0 saturated carbocycles. The third-order valence-corrected chi connectivity index (χ3v) is 5.36. The van der Waals surface area contributed by atoms with Gasteiger partial charge in [0.05, 0.1) is 39.1 Å². The number of rotatable bonds is 7. The zero-order valence-electron chi connectivity index (χ0n) is 16.4. The molecule has 0 bridgehead atoms. The van der Waals surface area contributed by atoms with Gasteiger partial charge in [0.2, 0.25) is 0 Å². The maximum Gasteiger partial charge on any atom is 0.279 e. The number of halogens is 1. The number of nitrogens with one attached hydrogen (secondary N) is 2. The van der Waals surface area contributed by atoms with E-state index in [9.17, 15) is 4.79 Å². The quantitative estimate of drug-likeness (QED) is 0.743. The highest BCUT2D eigenvalue weighted by atomic mass is 35.5. The van der Waals surface area contributed by atoms with Crippen molar-refractivity contribution in [1.29, 1.82) is 0 Å². The first kappa shape index (κ1) is 20.3. The van der Waals surface area contributed by atoms with Crippen LogP contribution in [0.1, 0.15) is 24.4 Å². The van der Waals surface area contributed by atoms with Crippen molar-refractivity contribution in [3.05, 3.63) is 47.0 Å². The fourth-order valence-corrected chi connectivity index (χ4v) is 3.96. The molecule has 7 heteroatoms. The monoisotopic (exact) mass is 405 g/mol. The van der Waals surface area contributed by atoms with E-state index in [0.29, 0.717) is 23.0 Å². The molecule has 3 rings (SSSR count). The Hall–Kier alpha value is -2.44. The van der Waals surface area contributed by atoms with Crippen molar-refractivity contribution in [2.45, 2.75) is 18.9 Å². The Morgan fingerprint density at radius 3 is 2.61 bits per heavy atom. The molecule has 150 valence electrons. The molecular formula is C21H26ClN2O4+. The molecule has 1 heterocycles. The smallest absolute Gasteiger partial charge is 0.279 e. The number of benzene rings is 2. The number of likely N-dealkylation sites (tertiary alicyclic amines) is 1. The van der Waals surface area contributed by atoms with Crippen LogP contribution >= 0.6 is 11.6 Å². The number of hydrogen-bond donors (Lipinski definition) is 2. The minimum Gasteiger partial charge on any atom is -0.497 e. The van der Waals surface area contributed by atoms with E-state index in [1.54, 1.807) is 39.5 Å². The maximum absolute atomic E-state index is 12.7. The van der Waals surface area contributed by atoms with Crippen LogP contribution in [0.2, 0.25) is 5.02 Å². The lowest BCUT2D eigenvalue weighted by Crippen LogP contribution is -3.11. The third kappa shape index (κ3) is 4.51. The van der Waals surface area contributed by atoms with E-state index >= 15 is 0 Å². The van der Waals surface area contributed by atoms with Gasteiger partial charge < -0.3 is 24.4 Å². The van der Waals surface area contributed by atoms with Crippen molar-refractivity contribution < 1.29 is 23.9 Å². The van der Waals surface area contributed by atoms with Crippen LogP contribution in [0, 0.1) is 0 Å². The molecule has 0 aliphatic carbocycles. The van der Waals surface area contributed by atoms with Gasteiger partial charge in [0.25, 0.3) is 5.91 Å². The van der Waals surface area contributed by atoms with Crippen LogP contribution in [0.5, 0.6) is 17.2 Å². The molecule has 1 fully saturated rings. The SMILES string of the molecule is COc1ccc([C@H]2CCC[NH+]2CC(=O)Nc2cc(Cl)ccc2OC)c(OC)c1. The van der Waals surface area contributed by atoms with Crippen LogP contribution in [0.4, 0.5) is 5.69 Å². The van der Waals surface area contributed by atoms with Gasteiger partial charge in [-0.15, -0.1) is 0 Å². The van der Waals surface area contributed by atoms with Crippen molar-refractivity contribution in [2.24, 2.45) is 0 Å². The van der Waals surface area contributed by atoms with Gasteiger partial charge in [-0.05, 0) is 30.3 Å². The number of carbonyl (C=O) groups excluding carboxylic acids is 1. The number of anilines is 1. The minimum atomic E-state index is -0.0741. The second-order valence-electron chi connectivity index (χ2n) is 6.78. The molecular weight excluding hydrogens is 380 g/mol. The van der Waals surface area contributed by atoms with E-state index in [-0.39, 0.29) is 11.9 Å². The molecule has 2 aromatic carbocycles. The maximum atomic E-state index is 12.7. The first-order valence-electron chi connectivity index (χ1n) is 9.25. The molecule has 0 radical (unpaired) electrons. The highest BCUT2D eigenvalue weighted by molar-refractivity contribution is 6.31. The van der Waals surface area contributed by atoms with Gasteiger partial charge in [-0.25, -0.2) is 0 Å². The Bertz CT molecular complexity index is 843. The Morgan fingerprint density at radius 2 is 1.89 bits per heavy atom. The number of quaternary nitrogens is 1. The molecule has 2 aromatic rings. The summed E-state index contributed by atoms with van der Waals surface area (Å²) in [4.78, 5) is 13.9. The zero-order chi connectivity index (χ0) is 20.1. The van der Waals surface area contributed by atoms with Crippen LogP contribution in [0.15, 0.2) is 36.4 Å². The van der Waals surface area contributed by atoms with Gasteiger partial charge in [0.1, 0.15) is 23.3 Å². The first-order chi connectivity index (χ1) is 13.5. The number of hydrogen-bond acceptors (Lipinski definition) is 4. The van der Waals surface area contributed by atoms with Gasteiger partial charge in [-0.1, -0.05) is 11.6 Å². The molecule has 28 heavy (non-hydrogen) atoms. The average Bonchev–Trinajstić information content (AvgIpc) is 3.15. The van der Waals surface area contributed by atoms with Crippen molar-refractivity contribution in [2.75, 3.05) is 39.7 Å². The predicted molar refractivity (Wildman–Crippen MR) is 109 cm³/mol. The Kier molecular flexibility index (Phi) is 6.65. The molecule has 2 atom stereocenters. The molecule has 6 nitrogen and oxygen atoms in total. The van der Waals surface area contributed by atoms with E-state index in [2.05, 4.69) is 5.32 Å². The molecule has 1 amide bonds. The lowest BCUT2D eigenvalue weighted by atomic mass is 10.0. The second kappa shape index (κ2) is 9.17. The lowest BCUT2D eigenvalue weighted by molar-refractivity contribution is -0.910. The average molecular weight is 406 g/mol. The lowest BCUT2D eigenvalue weighted by Gasteiger charge is -2.23. The summed E-state index contributed by atoms with van der Waals surface area (Å²) in [6.45, 7) is 1.29. The minimum absolute atomic E-state index is 0.0741. The summed E-state index contributed by atoms with van der Waals surface area (Å²) < 4.78 is 16.2. The van der Waals surface area contributed by atoms with Crippen LogP contribution in [-0.4, -0.2) is 40.3 Å². The highest BCUT2D eigenvalue weighted by Crippen LogP contribution is 2.32. The predicted octanol–water partition coefficient (Wildman–Crippen LogP) is 2.72. The fourth-order valence-electron chi connectivity index (χ4n) is 3.78. The topological polar surface area (TPSA) is 61.2 Å². The second-order valence-corrected chi connectivity index (χ2v) is 7.22. The summed E-state index contributed by atoms with van der Waals surface area (Å²) in [5.74, 6) is 2.06. The van der Waals surface area contributed by atoms with Gasteiger partial charge in [0.15, 0.2) is 6.54 Å². The normalized spacial score (nSPS) is 18.6. The first-order valence-corrected chi connectivity index (χ1v) is 9.63. The van der Waals surface area contributed by atoms with Crippen molar-refractivity contribution in [3.63, 3.8) is 0 Å². The molecule has 0 spiro atoms. The van der Waals surface area contributed by atoms with Crippen molar-refractivity contribution in [3.8, 4) is 17.2 Å². The van der Waals surface area contributed by atoms with Gasteiger partial charge in [0, 0.05) is 23.9 Å². The van der Waals surface area contributed by atoms with E-state index < -0.39 is 0 Å². The van der Waals surface area contributed by atoms with Gasteiger partial charge in [-0.2, -0.15) is 0 Å². The Balaban J connectivity index is 1.74. The summed E-state index contributed by atoms with van der Waals surface area (Å²) in [6, 6.07) is 11.2. The summed E-state index contributed by atoms with van der Waals surface area (Å²) in [7, 11) is 4.86. The van der Waals surface area contributed by atoms with Gasteiger partial charge in [-0.3, -0.25) is 4.79 Å².